The van der Waals surface area contributed by atoms with Gasteiger partial charge in [-0.3, -0.25) is 4.79 Å². The highest BCUT2D eigenvalue weighted by Gasteiger charge is 2.18. The maximum absolute atomic E-state index is 11.8. The van der Waals surface area contributed by atoms with Gasteiger partial charge in [0.25, 0.3) is 5.91 Å². The fraction of sp³-hybridized carbons (Fsp3) is 0.235. The Kier molecular flexibility index (Phi) is 5.03. The van der Waals surface area contributed by atoms with Crippen molar-refractivity contribution in [3.05, 3.63) is 50.3 Å². The molecule has 0 fully saturated rings. The molecule has 0 unspecified atom stereocenters. The summed E-state index contributed by atoms with van der Waals surface area (Å²) in [6.07, 6.45) is 0. The molecule has 0 saturated carbocycles. The summed E-state index contributed by atoms with van der Waals surface area (Å²) in [5.41, 5.74) is 11.1. The molecule has 0 saturated heterocycles. The Hall–Kier alpha value is -1.70. The fourth-order valence-electron chi connectivity index (χ4n) is 2.34. The van der Waals surface area contributed by atoms with Crippen LogP contribution in [0.15, 0.2) is 27.2 Å². The minimum absolute atomic E-state index is 0.428. The zero-order chi connectivity index (χ0) is 17.3. The van der Waals surface area contributed by atoms with E-state index in [1.807, 2.05) is 26.2 Å². The largest absolute Gasteiger partial charge is 0.366 e. The van der Waals surface area contributed by atoms with Crippen LogP contribution in [0.5, 0.6) is 0 Å². The average Bonchev–Trinajstić information content (AvgIpc) is 3.20. The van der Waals surface area contributed by atoms with Crippen molar-refractivity contribution >= 4 is 40.3 Å². The molecule has 4 nitrogen and oxygen atoms in total. The molecule has 3 rings (SSSR count). The first-order valence-corrected chi connectivity index (χ1v) is 10.2. The molecule has 7 heteroatoms. The summed E-state index contributed by atoms with van der Waals surface area (Å²) in [7, 11) is 0. The lowest BCUT2D eigenvalue weighted by Gasteiger charge is -2.13. The highest BCUT2D eigenvalue weighted by Crippen LogP contribution is 2.31. The third-order valence-corrected chi connectivity index (χ3v) is 6.52. The first-order valence-electron chi connectivity index (χ1n) is 7.34. The molecule has 2 N–H and O–H groups in total. The van der Waals surface area contributed by atoms with Gasteiger partial charge in [-0.05, 0) is 43.3 Å². The number of aromatic nitrogens is 2. The maximum atomic E-state index is 11.8. The lowest BCUT2D eigenvalue weighted by Crippen LogP contribution is -2.16. The van der Waals surface area contributed by atoms with Crippen molar-refractivity contribution in [3.8, 4) is 10.6 Å². The van der Waals surface area contributed by atoms with E-state index in [0.29, 0.717) is 16.3 Å². The number of pyridine rings is 1. The van der Waals surface area contributed by atoms with Crippen molar-refractivity contribution in [2.45, 2.75) is 31.6 Å². The summed E-state index contributed by atoms with van der Waals surface area (Å²) in [4.78, 5) is 21.1. The Bertz CT molecular complexity index is 885. The minimum Gasteiger partial charge on any atom is -0.366 e. The fourth-order valence-corrected chi connectivity index (χ4v) is 5.01. The topological polar surface area (TPSA) is 68.9 Å². The van der Waals surface area contributed by atoms with E-state index in [4.69, 9.17) is 5.73 Å². The number of hydrogen-bond acceptors (Lipinski definition) is 6. The molecular weight excluding hydrogens is 358 g/mol. The molecule has 3 aromatic rings. The van der Waals surface area contributed by atoms with Crippen molar-refractivity contribution in [1.82, 2.24) is 9.97 Å². The van der Waals surface area contributed by atoms with Gasteiger partial charge < -0.3 is 5.73 Å². The molecule has 124 valence electrons. The molecule has 0 aromatic carbocycles. The SMILES string of the molecule is Cc1nc(SCc2csc(-c3ccsc3)n2)c(C(N)=O)c(C)c1C. The monoisotopic (exact) mass is 375 g/mol. The molecule has 1 amide bonds. The number of nitrogens with zero attached hydrogens (tertiary/aromatic N) is 2. The number of carbonyl (C=O) groups excluding carboxylic acids is 1. The van der Waals surface area contributed by atoms with Crippen molar-refractivity contribution in [1.29, 1.82) is 0 Å². The van der Waals surface area contributed by atoms with Gasteiger partial charge in [0.05, 0.1) is 11.3 Å². The molecule has 0 spiro atoms. The maximum Gasteiger partial charge on any atom is 0.251 e. The third-order valence-electron chi connectivity index (χ3n) is 3.89. The van der Waals surface area contributed by atoms with Crippen molar-refractivity contribution in [3.63, 3.8) is 0 Å². The summed E-state index contributed by atoms with van der Waals surface area (Å²) in [6, 6.07) is 2.07. The highest BCUT2D eigenvalue weighted by atomic mass is 32.2. The molecule has 24 heavy (non-hydrogen) atoms. The molecular formula is C17H17N3OS3. The first kappa shape index (κ1) is 17.1. The van der Waals surface area contributed by atoms with Gasteiger partial charge in [0.15, 0.2) is 0 Å². The number of nitrogens with two attached hydrogens (primary N) is 1. The summed E-state index contributed by atoms with van der Waals surface area (Å²) in [5.74, 6) is 0.235. The summed E-state index contributed by atoms with van der Waals surface area (Å²) >= 11 is 4.81. The van der Waals surface area contributed by atoms with Gasteiger partial charge in [-0.2, -0.15) is 11.3 Å². The van der Waals surface area contributed by atoms with Gasteiger partial charge in [0, 0.05) is 27.8 Å². The quantitative estimate of drug-likeness (QED) is 0.663. The smallest absolute Gasteiger partial charge is 0.251 e. The van der Waals surface area contributed by atoms with Crippen LogP contribution in [-0.2, 0) is 5.75 Å². The van der Waals surface area contributed by atoms with E-state index < -0.39 is 5.91 Å². The van der Waals surface area contributed by atoms with Gasteiger partial charge in [-0.1, -0.05) is 11.8 Å². The number of thiophene rings is 1. The number of hydrogen-bond donors (Lipinski definition) is 1. The average molecular weight is 376 g/mol. The van der Waals surface area contributed by atoms with Crippen molar-refractivity contribution < 1.29 is 4.79 Å². The molecule has 3 heterocycles. The summed E-state index contributed by atoms with van der Waals surface area (Å²) in [5, 5.41) is 7.90. The van der Waals surface area contributed by atoms with Crippen LogP contribution in [0.3, 0.4) is 0 Å². The normalized spacial score (nSPS) is 11.0. The molecule has 0 bridgehead atoms. The summed E-state index contributed by atoms with van der Waals surface area (Å²) < 4.78 is 0. The number of primary amides is 1. The van der Waals surface area contributed by atoms with Crippen LogP contribution >= 0.6 is 34.4 Å². The van der Waals surface area contributed by atoms with Crippen LogP contribution in [0.1, 0.15) is 32.9 Å². The Balaban J connectivity index is 1.83. The number of amides is 1. The lowest BCUT2D eigenvalue weighted by molar-refractivity contribution is 0.0996. The van der Waals surface area contributed by atoms with Crippen molar-refractivity contribution in [2.75, 3.05) is 0 Å². The van der Waals surface area contributed by atoms with E-state index in [0.717, 1.165) is 33.1 Å². The van der Waals surface area contributed by atoms with Crippen LogP contribution < -0.4 is 5.73 Å². The first-order chi connectivity index (χ1) is 11.5. The Labute approximate surface area is 153 Å². The second-order valence-electron chi connectivity index (χ2n) is 5.44. The van der Waals surface area contributed by atoms with Gasteiger partial charge in [-0.25, -0.2) is 9.97 Å². The number of rotatable bonds is 5. The second-order valence-corrected chi connectivity index (χ2v) is 8.04. The van der Waals surface area contributed by atoms with E-state index in [1.165, 1.54) is 11.8 Å². The van der Waals surface area contributed by atoms with Crippen LogP contribution in [0.4, 0.5) is 0 Å². The third kappa shape index (κ3) is 3.38. The van der Waals surface area contributed by atoms with Gasteiger partial charge in [0.2, 0.25) is 0 Å². The zero-order valence-electron chi connectivity index (χ0n) is 13.6. The predicted molar refractivity (Wildman–Crippen MR) is 102 cm³/mol. The Morgan fingerprint density at radius 2 is 2.00 bits per heavy atom. The van der Waals surface area contributed by atoms with Crippen LogP contribution in [0.25, 0.3) is 10.6 Å². The molecule has 0 atom stereocenters. The van der Waals surface area contributed by atoms with E-state index in [1.54, 1.807) is 22.7 Å². The molecule has 3 aromatic heterocycles. The van der Waals surface area contributed by atoms with Crippen LogP contribution in [0.2, 0.25) is 0 Å². The zero-order valence-corrected chi connectivity index (χ0v) is 16.1. The van der Waals surface area contributed by atoms with Gasteiger partial charge >= 0.3 is 0 Å². The van der Waals surface area contributed by atoms with E-state index >= 15 is 0 Å². The van der Waals surface area contributed by atoms with Crippen LogP contribution in [0, 0.1) is 20.8 Å². The van der Waals surface area contributed by atoms with Gasteiger partial charge in [0.1, 0.15) is 10.0 Å². The molecule has 0 aliphatic heterocycles. The molecule has 0 aliphatic carbocycles. The Morgan fingerprint density at radius 3 is 2.67 bits per heavy atom. The Morgan fingerprint density at radius 1 is 1.21 bits per heavy atom. The van der Waals surface area contributed by atoms with Gasteiger partial charge in [-0.15, -0.1) is 11.3 Å². The molecule has 0 aliphatic rings. The summed E-state index contributed by atoms with van der Waals surface area (Å²) in [6.45, 7) is 5.84. The van der Waals surface area contributed by atoms with E-state index in [-0.39, 0.29) is 0 Å². The highest BCUT2D eigenvalue weighted by molar-refractivity contribution is 7.98. The number of thioether (sulfide) groups is 1. The number of thiazole rings is 1. The molecule has 0 radical (unpaired) electrons. The van der Waals surface area contributed by atoms with Crippen LogP contribution in [-0.4, -0.2) is 15.9 Å². The minimum atomic E-state index is -0.428. The van der Waals surface area contributed by atoms with E-state index in [9.17, 15) is 4.79 Å². The van der Waals surface area contributed by atoms with Crippen molar-refractivity contribution in [2.24, 2.45) is 5.73 Å². The lowest BCUT2D eigenvalue weighted by atomic mass is 10.0. The number of aryl methyl sites for hydroxylation is 1. The number of carbonyl (C=O) groups is 1. The van der Waals surface area contributed by atoms with E-state index in [2.05, 4.69) is 26.8 Å². The predicted octanol–water partition coefficient (Wildman–Crippen LogP) is 4.58. The standard InChI is InChI=1S/C17H17N3OS3/c1-9-10(2)14(15(18)21)17(19-11(9)3)24-8-13-7-23-16(20-13)12-4-5-22-6-12/h4-7H,8H2,1-3H3,(H2,18,21). The second kappa shape index (κ2) is 7.04.